The van der Waals surface area contributed by atoms with Crippen LogP contribution in [0.4, 0.5) is 10.5 Å². The first-order chi connectivity index (χ1) is 11.1. The van der Waals surface area contributed by atoms with Crippen LogP contribution in [0.1, 0.15) is 5.56 Å². The SMILES string of the molecule is COc1ccc(C=NNC(=O)Nc2cccc(Cl)c2)cc1OC. The van der Waals surface area contributed by atoms with Crippen LogP contribution in [0.2, 0.25) is 5.02 Å². The number of ether oxygens (including phenoxy) is 2. The Morgan fingerprint density at radius 2 is 1.91 bits per heavy atom. The first-order valence-electron chi connectivity index (χ1n) is 6.70. The molecule has 120 valence electrons. The maximum atomic E-state index is 11.7. The lowest BCUT2D eigenvalue weighted by Gasteiger charge is -2.07. The quantitative estimate of drug-likeness (QED) is 0.649. The first kappa shape index (κ1) is 16.6. The molecule has 2 aromatic carbocycles. The largest absolute Gasteiger partial charge is 0.493 e. The van der Waals surface area contributed by atoms with Crippen molar-refractivity contribution >= 4 is 29.5 Å². The van der Waals surface area contributed by atoms with Crippen LogP contribution in [0.15, 0.2) is 47.6 Å². The molecular formula is C16H16ClN3O3. The summed E-state index contributed by atoms with van der Waals surface area (Å²) in [6, 6.07) is 11.7. The molecule has 0 fully saturated rings. The zero-order chi connectivity index (χ0) is 16.7. The smallest absolute Gasteiger partial charge is 0.339 e. The Morgan fingerprint density at radius 1 is 1.13 bits per heavy atom. The summed E-state index contributed by atoms with van der Waals surface area (Å²) in [5, 5.41) is 7.03. The molecule has 0 aliphatic heterocycles. The van der Waals surface area contributed by atoms with E-state index in [1.54, 1.807) is 56.7 Å². The maximum absolute atomic E-state index is 11.7. The normalized spacial score (nSPS) is 10.4. The number of halogens is 1. The van der Waals surface area contributed by atoms with Crippen LogP contribution in [0.5, 0.6) is 11.5 Å². The van der Waals surface area contributed by atoms with E-state index in [9.17, 15) is 4.79 Å². The number of hydrogen-bond acceptors (Lipinski definition) is 4. The third-order valence-electron chi connectivity index (χ3n) is 2.87. The Morgan fingerprint density at radius 3 is 2.61 bits per heavy atom. The minimum Gasteiger partial charge on any atom is -0.493 e. The van der Waals surface area contributed by atoms with Crippen molar-refractivity contribution in [2.75, 3.05) is 19.5 Å². The van der Waals surface area contributed by atoms with Crippen molar-refractivity contribution in [2.24, 2.45) is 5.10 Å². The second kappa shape index (κ2) is 8.05. The van der Waals surface area contributed by atoms with E-state index in [0.29, 0.717) is 22.2 Å². The summed E-state index contributed by atoms with van der Waals surface area (Å²) in [7, 11) is 3.11. The lowest BCUT2D eigenvalue weighted by Crippen LogP contribution is -2.24. The average Bonchev–Trinajstić information content (AvgIpc) is 2.54. The third-order valence-corrected chi connectivity index (χ3v) is 3.10. The van der Waals surface area contributed by atoms with E-state index in [1.165, 1.54) is 6.21 Å². The molecule has 0 spiro atoms. The van der Waals surface area contributed by atoms with Gasteiger partial charge in [-0.3, -0.25) is 0 Å². The van der Waals surface area contributed by atoms with E-state index in [1.807, 2.05) is 0 Å². The summed E-state index contributed by atoms with van der Waals surface area (Å²) in [4.78, 5) is 11.7. The van der Waals surface area contributed by atoms with Crippen LogP contribution in [0, 0.1) is 0 Å². The molecular weight excluding hydrogens is 318 g/mol. The van der Waals surface area contributed by atoms with E-state index >= 15 is 0 Å². The van der Waals surface area contributed by atoms with E-state index in [0.717, 1.165) is 5.56 Å². The van der Waals surface area contributed by atoms with E-state index in [4.69, 9.17) is 21.1 Å². The molecule has 23 heavy (non-hydrogen) atoms. The standard InChI is InChI=1S/C16H16ClN3O3/c1-22-14-7-6-11(8-15(14)23-2)10-18-20-16(21)19-13-5-3-4-12(17)9-13/h3-10H,1-2H3,(H2,19,20,21). The molecule has 0 saturated carbocycles. The van der Waals surface area contributed by atoms with Gasteiger partial charge in [0.1, 0.15) is 0 Å². The molecule has 0 unspecified atom stereocenters. The van der Waals surface area contributed by atoms with Crippen LogP contribution >= 0.6 is 11.6 Å². The van der Waals surface area contributed by atoms with E-state index < -0.39 is 6.03 Å². The molecule has 7 heteroatoms. The number of rotatable bonds is 5. The molecule has 0 radical (unpaired) electrons. The molecule has 0 saturated heterocycles. The fraction of sp³-hybridized carbons (Fsp3) is 0.125. The number of methoxy groups -OCH3 is 2. The number of urea groups is 1. The number of anilines is 1. The van der Waals surface area contributed by atoms with Gasteiger partial charge in [0.25, 0.3) is 0 Å². The van der Waals surface area contributed by atoms with Crippen molar-refractivity contribution in [3.8, 4) is 11.5 Å². The van der Waals surface area contributed by atoms with Crippen LogP contribution < -0.4 is 20.2 Å². The number of amides is 2. The highest BCUT2D eigenvalue weighted by Crippen LogP contribution is 2.26. The molecule has 0 aliphatic rings. The van der Waals surface area contributed by atoms with E-state index in [-0.39, 0.29) is 0 Å². The molecule has 0 aliphatic carbocycles. The highest BCUT2D eigenvalue weighted by atomic mass is 35.5. The van der Waals surface area contributed by atoms with Gasteiger partial charge in [-0.25, -0.2) is 10.2 Å². The first-order valence-corrected chi connectivity index (χ1v) is 7.08. The lowest BCUT2D eigenvalue weighted by atomic mass is 10.2. The van der Waals surface area contributed by atoms with Crippen molar-refractivity contribution in [3.05, 3.63) is 53.1 Å². The Labute approximate surface area is 139 Å². The Bertz CT molecular complexity index is 719. The predicted octanol–water partition coefficient (Wildman–Crippen LogP) is 3.51. The highest BCUT2D eigenvalue weighted by molar-refractivity contribution is 6.30. The van der Waals surface area contributed by atoms with Gasteiger partial charge in [0.15, 0.2) is 11.5 Å². The average molecular weight is 334 g/mol. The van der Waals surface area contributed by atoms with E-state index in [2.05, 4.69) is 15.8 Å². The minimum atomic E-state index is -0.469. The summed E-state index contributed by atoms with van der Waals surface area (Å²) < 4.78 is 10.3. The zero-order valence-corrected chi connectivity index (χ0v) is 13.4. The molecule has 6 nitrogen and oxygen atoms in total. The van der Waals surface area contributed by atoms with Crippen molar-refractivity contribution in [1.29, 1.82) is 0 Å². The Hall–Kier alpha value is -2.73. The second-order valence-corrected chi connectivity index (χ2v) is 4.89. The van der Waals surface area contributed by atoms with Gasteiger partial charge < -0.3 is 14.8 Å². The number of hydrogen-bond donors (Lipinski definition) is 2. The number of carbonyl (C=O) groups is 1. The molecule has 2 N–H and O–H groups in total. The third kappa shape index (κ3) is 4.89. The van der Waals surface area contributed by atoms with Gasteiger partial charge in [-0.1, -0.05) is 17.7 Å². The minimum absolute atomic E-state index is 0.469. The van der Waals surface area contributed by atoms with Crippen LogP contribution in [0.25, 0.3) is 0 Å². The Kier molecular flexibility index (Phi) is 5.82. The molecule has 0 heterocycles. The predicted molar refractivity (Wildman–Crippen MR) is 90.7 cm³/mol. The summed E-state index contributed by atoms with van der Waals surface area (Å²) in [5.41, 5.74) is 3.70. The molecule has 0 aromatic heterocycles. The summed E-state index contributed by atoms with van der Waals surface area (Å²) >= 11 is 5.84. The molecule has 2 rings (SSSR count). The second-order valence-electron chi connectivity index (χ2n) is 4.45. The number of benzene rings is 2. The van der Waals surface area contributed by atoms with Crippen molar-refractivity contribution < 1.29 is 14.3 Å². The van der Waals surface area contributed by atoms with Gasteiger partial charge in [-0.2, -0.15) is 5.10 Å². The van der Waals surface area contributed by atoms with Crippen molar-refractivity contribution in [2.45, 2.75) is 0 Å². The Balaban J connectivity index is 1.94. The van der Waals surface area contributed by atoms with Gasteiger partial charge in [0.05, 0.1) is 20.4 Å². The van der Waals surface area contributed by atoms with Gasteiger partial charge in [0.2, 0.25) is 0 Å². The van der Waals surface area contributed by atoms with Gasteiger partial charge in [-0.15, -0.1) is 0 Å². The summed E-state index contributed by atoms with van der Waals surface area (Å²) in [5.74, 6) is 1.20. The number of nitrogens with one attached hydrogen (secondary N) is 2. The monoisotopic (exact) mass is 333 g/mol. The molecule has 2 aromatic rings. The van der Waals surface area contributed by atoms with Crippen LogP contribution in [-0.4, -0.2) is 26.5 Å². The van der Waals surface area contributed by atoms with Gasteiger partial charge in [0, 0.05) is 10.7 Å². The van der Waals surface area contributed by atoms with Crippen LogP contribution in [-0.2, 0) is 0 Å². The summed E-state index contributed by atoms with van der Waals surface area (Å²) in [6.07, 6.45) is 1.50. The molecule has 0 bridgehead atoms. The number of hydrazone groups is 1. The fourth-order valence-corrected chi connectivity index (χ4v) is 2.01. The number of nitrogens with zero attached hydrogens (tertiary/aromatic N) is 1. The van der Waals surface area contributed by atoms with Gasteiger partial charge in [-0.05, 0) is 42.0 Å². The maximum Gasteiger partial charge on any atom is 0.339 e. The van der Waals surface area contributed by atoms with Crippen molar-refractivity contribution in [3.63, 3.8) is 0 Å². The zero-order valence-electron chi connectivity index (χ0n) is 12.7. The summed E-state index contributed by atoms with van der Waals surface area (Å²) in [6.45, 7) is 0. The molecule has 0 atom stereocenters. The topological polar surface area (TPSA) is 72.0 Å². The van der Waals surface area contributed by atoms with Gasteiger partial charge >= 0.3 is 6.03 Å². The number of carbonyl (C=O) groups excluding carboxylic acids is 1. The van der Waals surface area contributed by atoms with Crippen molar-refractivity contribution in [1.82, 2.24) is 5.43 Å². The fourth-order valence-electron chi connectivity index (χ4n) is 1.82. The lowest BCUT2D eigenvalue weighted by molar-refractivity contribution is 0.252. The highest BCUT2D eigenvalue weighted by Gasteiger charge is 2.03. The molecule has 2 amide bonds. The van der Waals surface area contributed by atoms with Crippen LogP contribution in [0.3, 0.4) is 0 Å².